The first-order valence-electron chi connectivity index (χ1n) is 6.67. The number of hydrogen-bond acceptors (Lipinski definition) is 3. The summed E-state index contributed by atoms with van der Waals surface area (Å²) in [6, 6.07) is -0.365. The zero-order chi connectivity index (χ0) is 15.1. The molecular formula is C13H22N4O3. The Morgan fingerprint density at radius 3 is 2.65 bits per heavy atom. The van der Waals surface area contributed by atoms with Gasteiger partial charge in [-0.05, 0) is 13.3 Å². The van der Waals surface area contributed by atoms with E-state index < -0.39 is 11.9 Å². The van der Waals surface area contributed by atoms with Crippen molar-refractivity contribution >= 4 is 12.0 Å². The summed E-state index contributed by atoms with van der Waals surface area (Å²) < 4.78 is 1.73. The van der Waals surface area contributed by atoms with Gasteiger partial charge in [0.05, 0.1) is 12.1 Å². The van der Waals surface area contributed by atoms with Crippen LogP contribution < -0.4 is 10.6 Å². The van der Waals surface area contributed by atoms with Crippen LogP contribution >= 0.6 is 0 Å². The lowest BCUT2D eigenvalue weighted by atomic mass is 10.0. The van der Waals surface area contributed by atoms with Crippen LogP contribution in [0, 0.1) is 12.8 Å². The molecule has 0 saturated heterocycles. The van der Waals surface area contributed by atoms with E-state index >= 15 is 0 Å². The van der Waals surface area contributed by atoms with Crippen molar-refractivity contribution in [1.29, 1.82) is 0 Å². The Hall–Kier alpha value is -2.05. The molecule has 1 rings (SSSR count). The van der Waals surface area contributed by atoms with Crippen molar-refractivity contribution in [3.05, 3.63) is 17.5 Å². The standard InChI is InChI=1S/C13H22N4O3/c1-4-5-10(12(18)19)6-14-13(20)15-7-11-8-16-17(3)9(11)2/h8,10H,4-7H2,1-3H3,(H,18,19)(H2,14,15,20). The van der Waals surface area contributed by atoms with Crippen LogP contribution in [0.4, 0.5) is 4.79 Å². The lowest BCUT2D eigenvalue weighted by Crippen LogP contribution is -2.39. The van der Waals surface area contributed by atoms with Gasteiger partial charge in [0.2, 0.25) is 0 Å². The lowest BCUT2D eigenvalue weighted by molar-refractivity contribution is -0.141. The van der Waals surface area contributed by atoms with Crippen LogP contribution in [0.15, 0.2) is 6.20 Å². The highest BCUT2D eigenvalue weighted by molar-refractivity contribution is 5.75. The van der Waals surface area contributed by atoms with E-state index in [0.29, 0.717) is 13.0 Å². The van der Waals surface area contributed by atoms with Crippen LogP contribution in [0.3, 0.4) is 0 Å². The molecule has 1 aromatic heterocycles. The zero-order valence-electron chi connectivity index (χ0n) is 12.1. The monoisotopic (exact) mass is 282 g/mol. The molecule has 112 valence electrons. The number of carboxylic acid groups (broad SMARTS) is 1. The second-order valence-electron chi connectivity index (χ2n) is 4.77. The number of carboxylic acids is 1. The van der Waals surface area contributed by atoms with Crippen molar-refractivity contribution in [3.8, 4) is 0 Å². The Morgan fingerprint density at radius 2 is 2.15 bits per heavy atom. The van der Waals surface area contributed by atoms with E-state index in [2.05, 4.69) is 15.7 Å². The van der Waals surface area contributed by atoms with Gasteiger partial charge in [-0.15, -0.1) is 0 Å². The Labute approximate surface area is 118 Å². The number of aliphatic carboxylic acids is 1. The maximum atomic E-state index is 11.6. The van der Waals surface area contributed by atoms with E-state index in [1.807, 2.05) is 20.9 Å². The average molecular weight is 282 g/mol. The number of rotatable bonds is 7. The van der Waals surface area contributed by atoms with Gasteiger partial charge in [-0.3, -0.25) is 9.48 Å². The van der Waals surface area contributed by atoms with Gasteiger partial charge < -0.3 is 15.7 Å². The molecule has 20 heavy (non-hydrogen) atoms. The van der Waals surface area contributed by atoms with Crippen LogP contribution in [0.1, 0.15) is 31.0 Å². The number of nitrogens with zero attached hydrogens (tertiary/aromatic N) is 2. The van der Waals surface area contributed by atoms with Gasteiger partial charge in [0.25, 0.3) is 0 Å². The molecular weight excluding hydrogens is 260 g/mol. The van der Waals surface area contributed by atoms with Crippen molar-refractivity contribution in [2.24, 2.45) is 13.0 Å². The minimum atomic E-state index is -0.879. The highest BCUT2D eigenvalue weighted by atomic mass is 16.4. The molecule has 0 aliphatic carbocycles. The van der Waals surface area contributed by atoms with Gasteiger partial charge in [-0.2, -0.15) is 5.10 Å². The average Bonchev–Trinajstić information content (AvgIpc) is 2.72. The smallest absolute Gasteiger partial charge is 0.315 e. The minimum absolute atomic E-state index is 0.140. The number of urea groups is 1. The molecule has 0 aromatic carbocycles. The van der Waals surface area contributed by atoms with Gasteiger partial charge >= 0.3 is 12.0 Å². The van der Waals surface area contributed by atoms with Gasteiger partial charge in [-0.25, -0.2) is 4.79 Å². The number of amides is 2. The molecule has 3 N–H and O–H groups in total. The third kappa shape index (κ3) is 4.56. The molecule has 1 atom stereocenters. The summed E-state index contributed by atoms with van der Waals surface area (Å²) in [6.07, 6.45) is 3.03. The Kier molecular flexibility index (Phi) is 6.02. The third-order valence-electron chi connectivity index (χ3n) is 3.27. The number of aryl methyl sites for hydroxylation is 1. The Morgan fingerprint density at radius 1 is 1.45 bits per heavy atom. The molecule has 0 saturated carbocycles. The van der Waals surface area contributed by atoms with Gasteiger partial charge in [-0.1, -0.05) is 13.3 Å². The Bertz CT molecular complexity index is 470. The van der Waals surface area contributed by atoms with Crippen molar-refractivity contribution in [2.45, 2.75) is 33.2 Å². The molecule has 0 fully saturated rings. The number of nitrogens with one attached hydrogen (secondary N) is 2. The van der Waals surface area contributed by atoms with Gasteiger partial charge in [0.1, 0.15) is 0 Å². The molecule has 1 aromatic rings. The predicted octanol–water partition coefficient (Wildman–Crippen LogP) is 1.03. The zero-order valence-corrected chi connectivity index (χ0v) is 12.1. The van der Waals surface area contributed by atoms with E-state index in [-0.39, 0.29) is 12.6 Å². The molecule has 0 aliphatic rings. The van der Waals surface area contributed by atoms with Crippen molar-refractivity contribution in [1.82, 2.24) is 20.4 Å². The van der Waals surface area contributed by atoms with E-state index in [0.717, 1.165) is 17.7 Å². The van der Waals surface area contributed by atoms with Crippen LogP contribution in [-0.4, -0.2) is 33.4 Å². The van der Waals surface area contributed by atoms with E-state index in [1.165, 1.54) is 0 Å². The second kappa shape index (κ2) is 7.52. The molecule has 0 bridgehead atoms. The first-order valence-corrected chi connectivity index (χ1v) is 6.67. The van der Waals surface area contributed by atoms with Crippen LogP contribution in [0.25, 0.3) is 0 Å². The maximum absolute atomic E-state index is 11.6. The molecule has 0 spiro atoms. The maximum Gasteiger partial charge on any atom is 0.315 e. The molecule has 0 aliphatic heterocycles. The minimum Gasteiger partial charge on any atom is -0.481 e. The largest absolute Gasteiger partial charge is 0.481 e. The summed E-state index contributed by atoms with van der Waals surface area (Å²) in [5.74, 6) is -1.42. The quantitative estimate of drug-likeness (QED) is 0.696. The summed E-state index contributed by atoms with van der Waals surface area (Å²) >= 11 is 0. The van der Waals surface area contributed by atoms with E-state index in [1.54, 1.807) is 10.9 Å². The SMILES string of the molecule is CCCC(CNC(=O)NCc1cnn(C)c1C)C(=O)O. The van der Waals surface area contributed by atoms with Crippen molar-refractivity contribution in [3.63, 3.8) is 0 Å². The number of hydrogen-bond donors (Lipinski definition) is 3. The molecule has 1 unspecified atom stereocenters. The van der Waals surface area contributed by atoms with E-state index in [4.69, 9.17) is 5.11 Å². The normalized spacial score (nSPS) is 11.9. The highest BCUT2D eigenvalue weighted by Crippen LogP contribution is 2.06. The molecule has 7 heteroatoms. The first-order chi connectivity index (χ1) is 9.45. The highest BCUT2D eigenvalue weighted by Gasteiger charge is 2.17. The summed E-state index contributed by atoms with van der Waals surface area (Å²) in [7, 11) is 1.83. The second-order valence-corrected chi connectivity index (χ2v) is 4.77. The fourth-order valence-corrected chi connectivity index (χ4v) is 1.83. The van der Waals surface area contributed by atoms with Crippen LogP contribution in [-0.2, 0) is 18.4 Å². The van der Waals surface area contributed by atoms with Gasteiger partial charge in [0.15, 0.2) is 0 Å². The van der Waals surface area contributed by atoms with Crippen LogP contribution in [0.2, 0.25) is 0 Å². The molecule has 0 radical (unpaired) electrons. The summed E-state index contributed by atoms with van der Waals surface area (Å²) in [5, 5.41) is 18.3. The fraction of sp³-hybridized carbons (Fsp3) is 0.615. The first kappa shape index (κ1) is 16.0. The third-order valence-corrected chi connectivity index (χ3v) is 3.27. The summed E-state index contributed by atoms with van der Waals surface area (Å²) in [6.45, 7) is 4.35. The summed E-state index contributed by atoms with van der Waals surface area (Å²) in [5.41, 5.74) is 1.92. The van der Waals surface area contributed by atoms with Crippen molar-refractivity contribution < 1.29 is 14.7 Å². The number of carbonyl (C=O) groups is 2. The lowest BCUT2D eigenvalue weighted by Gasteiger charge is -2.13. The number of carbonyl (C=O) groups excluding carboxylic acids is 1. The van der Waals surface area contributed by atoms with Gasteiger partial charge in [0, 0.05) is 31.4 Å². The van der Waals surface area contributed by atoms with Crippen LogP contribution in [0.5, 0.6) is 0 Å². The molecule has 2 amide bonds. The molecule has 7 nitrogen and oxygen atoms in total. The predicted molar refractivity (Wildman–Crippen MR) is 74.2 cm³/mol. The Balaban J connectivity index is 2.36. The fourth-order valence-electron chi connectivity index (χ4n) is 1.83. The topological polar surface area (TPSA) is 96.3 Å². The van der Waals surface area contributed by atoms with E-state index in [9.17, 15) is 9.59 Å². The molecule has 1 heterocycles. The van der Waals surface area contributed by atoms with Crippen molar-refractivity contribution in [2.75, 3.05) is 6.54 Å². The summed E-state index contributed by atoms with van der Waals surface area (Å²) in [4.78, 5) is 22.6. The number of aromatic nitrogens is 2.